The topological polar surface area (TPSA) is 35.6 Å². The zero-order valence-electron chi connectivity index (χ0n) is 18.0. The number of fused-ring (bicyclic) bond motifs is 1. The van der Waals surface area contributed by atoms with Gasteiger partial charge in [-0.1, -0.05) is 48.5 Å². The van der Waals surface area contributed by atoms with Crippen molar-refractivity contribution in [2.45, 2.75) is 19.0 Å². The zero-order valence-corrected chi connectivity index (χ0v) is 19.6. The first-order valence-electron chi connectivity index (χ1n) is 10.6. The zero-order chi connectivity index (χ0) is 21.8. The number of hydrogen-bond acceptors (Lipinski definition) is 3. The van der Waals surface area contributed by atoms with Crippen molar-refractivity contribution in [2.24, 2.45) is 0 Å². The van der Waals surface area contributed by atoms with Crippen molar-refractivity contribution in [3.05, 3.63) is 99.5 Å². The highest BCUT2D eigenvalue weighted by molar-refractivity contribution is 9.10. The van der Waals surface area contributed by atoms with E-state index < -0.39 is 0 Å². The highest BCUT2D eigenvalue weighted by Gasteiger charge is 2.25. The molecule has 3 aromatic carbocycles. The molecule has 0 aliphatic carbocycles. The van der Waals surface area contributed by atoms with Gasteiger partial charge in [-0.15, -0.1) is 0 Å². The van der Waals surface area contributed by atoms with Crippen LogP contribution in [0.15, 0.2) is 77.3 Å². The number of anilines is 1. The van der Waals surface area contributed by atoms with Crippen LogP contribution in [0, 0.1) is 0 Å². The minimum Gasteiger partial charge on any atom is -0.378 e. The average molecular weight is 478 g/mol. The average Bonchev–Trinajstić information content (AvgIpc) is 2.79. The molecule has 1 heterocycles. The Bertz CT molecular complexity index is 1050. The Labute approximate surface area is 193 Å². The number of amides is 1. The molecule has 1 aliphatic heterocycles. The Morgan fingerprint density at radius 1 is 1.00 bits per heavy atom. The normalized spacial score (nSPS) is 14.5. The molecule has 4 nitrogen and oxygen atoms in total. The number of nitrogens with zero attached hydrogens (tertiary/aromatic N) is 2. The third kappa shape index (κ3) is 5.00. The lowest BCUT2D eigenvalue weighted by Gasteiger charge is -2.36. The SMILES string of the molecule is CN(C)c1ccc([C@H](CNC(=O)c2ccccc2Br)N2CCc3ccccc3C2)cc1. The second kappa shape index (κ2) is 9.67. The molecule has 0 unspecified atom stereocenters. The molecular weight excluding hydrogens is 450 g/mol. The Morgan fingerprint density at radius 3 is 2.39 bits per heavy atom. The summed E-state index contributed by atoms with van der Waals surface area (Å²) in [5.41, 5.74) is 5.85. The Kier molecular flexibility index (Phi) is 6.73. The number of carbonyl (C=O) groups excluding carboxylic acids is 1. The third-order valence-electron chi connectivity index (χ3n) is 5.97. The fourth-order valence-corrected chi connectivity index (χ4v) is 4.63. The minimum atomic E-state index is -0.0557. The lowest BCUT2D eigenvalue weighted by molar-refractivity contribution is 0.0927. The Morgan fingerprint density at radius 2 is 1.68 bits per heavy atom. The fraction of sp³-hybridized carbons (Fsp3) is 0.269. The van der Waals surface area contributed by atoms with Crippen LogP contribution in [-0.4, -0.2) is 38.0 Å². The molecule has 1 amide bonds. The quantitative estimate of drug-likeness (QED) is 0.539. The van der Waals surface area contributed by atoms with Crippen LogP contribution in [0.5, 0.6) is 0 Å². The van der Waals surface area contributed by atoms with E-state index in [4.69, 9.17) is 0 Å². The monoisotopic (exact) mass is 477 g/mol. The maximum atomic E-state index is 12.9. The molecule has 0 bridgehead atoms. The van der Waals surface area contributed by atoms with Crippen molar-refractivity contribution in [2.75, 3.05) is 32.1 Å². The van der Waals surface area contributed by atoms with Crippen molar-refractivity contribution in [3.8, 4) is 0 Å². The molecule has 0 radical (unpaired) electrons. The molecule has 1 N–H and O–H groups in total. The lowest BCUT2D eigenvalue weighted by atomic mass is 9.96. The van der Waals surface area contributed by atoms with Crippen LogP contribution < -0.4 is 10.2 Å². The molecule has 0 saturated carbocycles. The molecule has 0 aromatic heterocycles. The molecule has 160 valence electrons. The largest absolute Gasteiger partial charge is 0.378 e. The standard InChI is InChI=1S/C26H28BrN3O/c1-29(2)22-13-11-20(12-14-22)25(17-28-26(31)23-9-5-6-10-24(23)27)30-16-15-19-7-3-4-8-21(19)18-30/h3-14,25H,15-18H2,1-2H3,(H,28,31)/t25-/m0/s1. The summed E-state index contributed by atoms with van der Waals surface area (Å²) < 4.78 is 0.811. The van der Waals surface area contributed by atoms with Crippen LogP contribution in [-0.2, 0) is 13.0 Å². The van der Waals surface area contributed by atoms with E-state index >= 15 is 0 Å². The van der Waals surface area contributed by atoms with Gasteiger partial charge in [0.15, 0.2) is 0 Å². The predicted molar refractivity (Wildman–Crippen MR) is 131 cm³/mol. The third-order valence-corrected chi connectivity index (χ3v) is 6.66. The van der Waals surface area contributed by atoms with Crippen LogP contribution in [0.3, 0.4) is 0 Å². The van der Waals surface area contributed by atoms with Crippen molar-refractivity contribution in [1.82, 2.24) is 10.2 Å². The van der Waals surface area contributed by atoms with Crippen molar-refractivity contribution < 1.29 is 4.79 Å². The molecule has 4 rings (SSSR count). The van der Waals surface area contributed by atoms with Gasteiger partial charge in [0.1, 0.15) is 0 Å². The van der Waals surface area contributed by atoms with Gasteiger partial charge >= 0.3 is 0 Å². The summed E-state index contributed by atoms with van der Waals surface area (Å²) in [6, 6.07) is 25.0. The van der Waals surface area contributed by atoms with Gasteiger partial charge in [0.05, 0.1) is 11.6 Å². The highest BCUT2D eigenvalue weighted by atomic mass is 79.9. The van der Waals surface area contributed by atoms with Gasteiger partial charge in [-0.25, -0.2) is 0 Å². The summed E-state index contributed by atoms with van der Waals surface area (Å²) >= 11 is 3.49. The van der Waals surface area contributed by atoms with E-state index in [9.17, 15) is 4.79 Å². The van der Waals surface area contributed by atoms with Crippen LogP contribution in [0.2, 0.25) is 0 Å². The molecule has 0 spiro atoms. The lowest BCUT2D eigenvalue weighted by Crippen LogP contribution is -2.40. The second-order valence-corrected chi connectivity index (χ2v) is 9.04. The number of hydrogen-bond donors (Lipinski definition) is 1. The van der Waals surface area contributed by atoms with Gasteiger partial charge in [0.2, 0.25) is 0 Å². The van der Waals surface area contributed by atoms with E-state index in [1.807, 2.05) is 38.4 Å². The van der Waals surface area contributed by atoms with Gasteiger partial charge in [0, 0.05) is 43.9 Å². The first kappa shape index (κ1) is 21.6. The number of rotatable bonds is 6. The molecular formula is C26H28BrN3O. The van der Waals surface area contributed by atoms with Gasteiger partial charge in [-0.05, 0) is 63.3 Å². The van der Waals surface area contributed by atoms with Crippen LogP contribution in [0.4, 0.5) is 5.69 Å². The van der Waals surface area contributed by atoms with Crippen molar-refractivity contribution in [3.63, 3.8) is 0 Å². The number of benzene rings is 3. The van der Waals surface area contributed by atoms with Crippen molar-refractivity contribution >= 4 is 27.5 Å². The number of carbonyl (C=O) groups is 1. The van der Waals surface area contributed by atoms with Crippen LogP contribution in [0.25, 0.3) is 0 Å². The second-order valence-electron chi connectivity index (χ2n) is 8.18. The Balaban J connectivity index is 1.57. The molecule has 3 aromatic rings. The molecule has 0 saturated heterocycles. The predicted octanol–water partition coefficient (Wildman–Crippen LogP) is 5.04. The summed E-state index contributed by atoms with van der Waals surface area (Å²) in [4.78, 5) is 17.4. The first-order chi connectivity index (χ1) is 15.0. The van der Waals surface area contributed by atoms with Crippen LogP contribution in [0.1, 0.15) is 33.1 Å². The summed E-state index contributed by atoms with van der Waals surface area (Å²) in [6.07, 6.45) is 1.03. The maximum absolute atomic E-state index is 12.9. The van der Waals surface area contributed by atoms with E-state index in [0.29, 0.717) is 12.1 Å². The summed E-state index contributed by atoms with van der Waals surface area (Å²) in [7, 11) is 4.10. The molecule has 0 fully saturated rings. The van der Waals surface area contributed by atoms with E-state index in [1.165, 1.54) is 22.4 Å². The summed E-state index contributed by atoms with van der Waals surface area (Å²) in [5.74, 6) is -0.0557. The van der Waals surface area contributed by atoms with E-state index in [-0.39, 0.29) is 11.9 Å². The molecule has 1 atom stereocenters. The Hall–Kier alpha value is -2.63. The summed E-state index contributed by atoms with van der Waals surface area (Å²) in [6.45, 7) is 2.42. The number of halogens is 1. The van der Waals surface area contributed by atoms with Crippen molar-refractivity contribution in [1.29, 1.82) is 0 Å². The molecule has 5 heteroatoms. The van der Waals surface area contributed by atoms with Gasteiger partial charge in [0.25, 0.3) is 5.91 Å². The molecule has 1 aliphatic rings. The van der Waals surface area contributed by atoms with Crippen LogP contribution >= 0.6 is 15.9 Å². The van der Waals surface area contributed by atoms with Gasteiger partial charge in [-0.2, -0.15) is 0 Å². The van der Waals surface area contributed by atoms with Gasteiger partial charge < -0.3 is 10.2 Å². The first-order valence-corrected chi connectivity index (χ1v) is 11.4. The maximum Gasteiger partial charge on any atom is 0.252 e. The van der Waals surface area contributed by atoms with E-state index in [1.54, 1.807) is 0 Å². The molecule has 31 heavy (non-hydrogen) atoms. The summed E-state index contributed by atoms with van der Waals surface area (Å²) in [5, 5.41) is 3.18. The van der Waals surface area contributed by atoms with Gasteiger partial charge in [-0.3, -0.25) is 9.69 Å². The smallest absolute Gasteiger partial charge is 0.252 e. The fourth-order valence-electron chi connectivity index (χ4n) is 4.17. The minimum absolute atomic E-state index is 0.0557. The highest BCUT2D eigenvalue weighted by Crippen LogP contribution is 2.29. The van der Waals surface area contributed by atoms with E-state index in [0.717, 1.165) is 24.0 Å². The number of nitrogens with one attached hydrogen (secondary N) is 1. The van der Waals surface area contributed by atoms with E-state index in [2.05, 4.69) is 79.6 Å².